The number of hydrogen-bond donors (Lipinski definition) is 1. The molecule has 1 aromatic heterocycles. The van der Waals surface area contributed by atoms with Crippen LogP contribution in [0.15, 0.2) is 88.0 Å². The Kier molecular flexibility index (Phi) is 4.00. The van der Waals surface area contributed by atoms with E-state index >= 15 is 0 Å². The minimum Gasteiger partial charge on any atom is -0.493 e. The predicted octanol–water partition coefficient (Wildman–Crippen LogP) is 4.04. The molecule has 0 saturated heterocycles. The monoisotopic (exact) mass is 400 g/mol. The molecule has 0 saturated carbocycles. The molecule has 0 bridgehead atoms. The van der Waals surface area contributed by atoms with Gasteiger partial charge in [-0.15, -0.1) is 10.2 Å². The van der Waals surface area contributed by atoms with E-state index in [1.807, 2.05) is 54.6 Å². The van der Waals surface area contributed by atoms with Crippen LogP contribution < -0.4 is 10.6 Å². The summed E-state index contributed by atoms with van der Waals surface area (Å²) in [4.78, 5) is 16.2. The first-order chi connectivity index (χ1) is 14.1. The minimum atomic E-state index is -0.489. The third kappa shape index (κ3) is 2.81. The SMILES string of the molecule is O=C1N=c2ccc(Cl)cc2=C1N=Nc1c(O)n(-c2ccccc2)c2ccccc12. The Balaban J connectivity index is 1.72. The van der Waals surface area contributed by atoms with Gasteiger partial charge in [0.25, 0.3) is 5.91 Å². The number of carbonyl (C=O) groups is 1. The topological polar surface area (TPSA) is 79.3 Å². The number of hydrogen-bond acceptors (Lipinski definition) is 4. The number of benzene rings is 3. The second kappa shape index (κ2) is 6.68. The summed E-state index contributed by atoms with van der Waals surface area (Å²) in [5.74, 6) is -0.548. The fourth-order valence-electron chi connectivity index (χ4n) is 3.42. The maximum atomic E-state index is 12.3. The van der Waals surface area contributed by atoms with E-state index in [4.69, 9.17) is 11.6 Å². The number of nitrogens with zero attached hydrogens (tertiary/aromatic N) is 4. The highest BCUT2D eigenvalue weighted by atomic mass is 35.5. The predicted molar refractivity (Wildman–Crippen MR) is 110 cm³/mol. The van der Waals surface area contributed by atoms with Crippen LogP contribution in [0.1, 0.15) is 0 Å². The number of aromatic nitrogens is 1. The van der Waals surface area contributed by atoms with Crippen molar-refractivity contribution in [2.45, 2.75) is 0 Å². The van der Waals surface area contributed by atoms with Crippen molar-refractivity contribution in [3.8, 4) is 11.6 Å². The summed E-state index contributed by atoms with van der Waals surface area (Å²) in [7, 11) is 0. The van der Waals surface area contributed by atoms with Gasteiger partial charge in [0.2, 0.25) is 5.88 Å². The number of aromatic hydroxyl groups is 1. The van der Waals surface area contributed by atoms with Crippen molar-refractivity contribution in [3.63, 3.8) is 0 Å². The molecule has 0 aliphatic carbocycles. The van der Waals surface area contributed by atoms with Crippen molar-refractivity contribution in [1.29, 1.82) is 0 Å². The van der Waals surface area contributed by atoms with Crippen LogP contribution in [-0.2, 0) is 4.79 Å². The van der Waals surface area contributed by atoms with Gasteiger partial charge in [0.1, 0.15) is 0 Å². The highest BCUT2D eigenvalue weighted by Crippen LogP contribution is 2.41. The molecule has 0 spiro atoms. The molecule has 5 rings (SSSR count). The number of amides is 1. The molecule has 3 aromatic carbocycles. The van der Waals surface area contributed by atoms with E-state index in [1.165, 1.54) is 0 Å². The molecule has 1 N–H and O–H groups in total. The van der Waals surface area contributed by atoms with Crippen LogP contribution in [0.25, 0.3) is 22.3 Å². The van der Waals surface area contributed by atoms with E-state index < -0.39 is 5.91 Å². The van der Waals surface area contributed by atoms with Crippen LogP contribution in [0, 0.1) is 0 Å². The van der Waals surface area contributed by atoms with Crippen molar-refractivity contribution >= 4 is 39.8 Å². The Morgan fingerprint density at radius 1 is 0.931 bits per heavy atom. The zero-order valence-corrected chi connectivity index (χ0v) is 15.7. The van der Waals surface area contributed by atoms with Gasteiger partial charge in [-0.1, -0.05) is 48.0 Å². The van der Waals surface area contributed by atoms with Gasteiger partial charge in [-0.3, -0.25) is 9.36 Å². The Labute approximate surface area is 169 Å². The molecule has 140 valence electrons. The first-order valence-corrected chi connectivity index (χ1v) is 9.24. The van der Waals surface area contributed by atoms with E-state index in [-0.39, 0.29) is 17.3 Å². The Morgan fingerprint density at radius 3 is 2.52 bits per heavy atom. The van der Waals surface area contributed by atoms with Crippen LogP contribution in [0.2, 0.25) is 5.02 Å². The summed E-state index contributed by atoms with van der Waals surface area (Å²) in [6, 6.07) is 21.9. The Morgan fingerprint density at radius 2 is 1.69 bits per heavy atom. The van der Waals surface area contributed by atoms with Crippen LogP contribution in [0.4, 0.5) is 5.69 Å². The van der Waals surface area contributed by atoms with Crippen molar-refractivity contribution in [3.05, 3.63) is 88.4 Å². The largest absolute Gasteiger partial charge is 0.493 e. The van der Waals surface area contributed by atoms with E-state index in [1.54, 1.807) is 22.8 Å². The maximum absolute atomic E-state index is 12.3. The average Bonchev–Trinajstić information content (AvgIpc) is 3.19. The zero-order chi connectivity index (χ0) is 20.0. The Hall–Kier alpha value is -3.77. The van der Waals surface area contributed by atoms with Gasteiger partial charge in [0, 0.05) is 21.3 Å². The standard InChI is InChI=1S/C22H13ClN4O2/c23-13-10-11-17-16(12-13)19(21(28)24-17)25-26-20-15-8-4-5-9-18(15)27(22(20)29)14-6-2-1-3-7-14/h1-12,29H. The molecular weight excluding hydrogens is 388 g/mol. The molecule has 1 amide bonds. The summed E-state index contributed by atoms with van der Waals surface area (Å²) in [5, 5.41) is 21.5. The van der Waals surface area contributed by atoms with E-state index in [2.05, 4.69) is 15.2 Å². The van der Waals surface area contributed by atoms with E-state index in [9.17, 15) is 9.90 Å². The third-order valence-corrected chi connectivity index (χ3v) is 4.96. The van der Waals surface area contributed by atoms with Crippen molar-refractivity contribution in [2.24, 2.45) is 15.2 Å². The van der Waals surface area contributed by atoms with Gasteiger partial charge in [0.15, 0.2) is 11.4 Å². The van der Waals surface area contributed by atoms with Gasteiger partial charge in [-0.2, -0.15) is 0 Å². The highest BCUT2D eigenvalue weighted by Gasteiger charge is 2.20. The minimum absolute atomic E-state index is 0.0598. The molecule has 29 heavy (non-hydrogen) atoms. The molecule has 2 heterocycles. The molecule has 0 atom stereocenters. The summed E-state index contributed by atoms with van der Waals surface area (Å²) >= 11 is 6.05. The van der Waals surface area contributed by atoms with Crippen LogP contribution in [-0.4, -0.2) is 15.6 Å². The number of azo groups is 1. The van der Waals surface area contributed by atoms with Crippen LogP contribution in [0.5, 0.6) is 5.88 Å². The smallest absolute Gasteiger partial charge is 0.298 e. The second-order valence-electron chi connectivity index (χ2n) is 6.49. The van der Waals surface area contributed by atoms with Crippen LogP contribution >= 0.6 is 11.6 Å². The highest BCUT2D eigenvalue weighted by molar-refractivity contribution is 6.30. The zero-order valence-electron chi connectivity index (χ0n) is 15.0. The summed E-state index contributed by atoms with van der Waals surface area (Å²) in [6.07, 6.45) is 0. The number of para-hydroxylation sites is 2. The average molecular weight is 401 g/mol. The molecule has 0 fully saturated rings. The molecule has 4 aromatic rings. The molecule has 7 heteroatoms. The molecule has 1 aliphatic heterocycles. The summed E-state index contributed by atoms with van der Waals surface area (Å²) in [5.41, 5.74) is 1.94. The lowest BCUT2D eigenvalue weighted by Crippen LogP contribution is -2.22. The number of carbonyl (C=O) groups excluding carboxylic acids is 1. The van der Waals surface area contributed by atoms with Crippen LogP contribution in [0.3, 0.4) is 0 Å². The fourth-order valence-corrected chi connectivity index (χ4v) is 3.59. The molecule has 0 unspecified atom stereocenters. The Bertz CT molecular complexity index is 1440. The summed E-state index contributed by atoms with van der Waals surface area (Å²) < 4.78 is 1.69. The third-order valence-electron chi connectivity index (χ3n) is 4.73. The lowest BCUT2D eigenvalue weighted by Gasteiger charge is -2.06. The van der Waals surface area contributed by atoms with Gasteiger partial charge in [-0.05, 0) is 36.4 Å². The van der Waals surface area contributed by atoms with Crippen molar-refractivity contribution < 1.29 is 9.90 Å². The molecule has 6 nitrogen and oxygen atoms in total. The van der Waals surface area contributed by atoms with Gasteiger partial charge < -0.3 is 5.11 Å². The van der Waals surface area contributed by atoms with E-state index in [0.29, 0.717) is 21.0 Å². The lowest BCUT2D eigenvalue weighted by molar-refractivity contribution is -0.112. The van der Waals surface area contributed by atoms with Gasteiger partial charge in [0.05, 0.1) is 10.9 Å². The second-order valence-corrected chi connectivity index (χ2v) is 6.92. The summed E-state index contributed by atoms with van der Waals surface area (Å²) in [6.45, 7) is 0. The van der Waals surface area contributed by atoms with Crippen molar-refractivity contribution in [2.75, 3.05) is 0 Å². The quantitative estimate of drug-likeness (QED) is 0.527. The normalized spacial score (nSPS) is 13.3. The number of halogens is 1. The fraction of sp³-hybridized carbons (Fsp3) is 0. The van der Waals surface area contributed by atoms with E-state index in [0.717, 1.165) is 11.2 Å². The molecule has 1 aliphatic rings. The maximum Gasteiger partial charge on any atom is 0.298 e. The number of rotatable bonds is 3. The van der Waals surface area contributed by atoms with Gasteiger partial charge in [-0.25, -0.2) is 4.99 Å². The van der Waals surface area contributed by atoms with Crippen molar-refractivity contribution in [1.82, 2.24) is 4.57 Å². The lowest BCUT2D eigenvalue weighted by atomic mass is 10.2. The first kappa shape index (κ1) is 17.3. The molecular formula is C22H13ClN4O2. The molecule has 0 radical (unpaired) electrons. The number of fused-ring (bicyclic) bond motifs is 2. The first-order valence-electron chi connectivity index (χ1n) is 8.86. The van der Waals surface area contributed by atoms with Gasteiger partial charge >= 0.3 is 0 Å².